The van der Waals surface area contributed by atoms with E-state index < -0.39 is 9.84 Å². The Labute approximate surface area is 156 Å². The molecule has 2 heterocycles. The third kappa shape index (κ3) is 3.52. The van der Waals surface area contributed by atoms with Crippen molar-refractivity contribution >= 4 is 37.9 Å². The summed E-state index contributed by atoms with van der Waals surface area (Å²) in [6.45, 7) is 3.75. The fourth-order valence-electron chi connectivity index (χ4n) is 2.78. The highest BCUT2D eigenvalue weighted by Gasteiger charge is 2.18. The molecule has 0 aliphatic rings. The summed E-state index contributed by atoms with van der Waals surface area (Å²) in [5.74, 6) is 0.724. The van der Waals surface area contributed by atoms with Gasteiger partial charge >= 0.3 is 0 Å². The Morgan fingerprint density at radius 3 is 2.52 bits per heavy atom. The van der Waals surface area contributed by atoms with Gasteiger partial charge in [0.05, 0.1) is 11.4 Å². The van der Waals surface area contributed by atoms with Gasteiger partial charge in [0.15, 0.2) is 26.5 Å². The lowest BCUT2D eigenvalue weighted by Crippen LogP contribution is -2.27. The van der Waals surface area contributed by atoms with Crippen molar-refractivity contribution in [1.82, 2.24) is 20.0 Å². The molecule has 3 aromatic rings. The fourth-order valence-corrected chi connectivity index (χ4v) is 3.32. The van der Waals surface area contributed by atoms with Crippen molar-refractivity contribution in [1.29, 1.82) is 0 Å². The van der Waals surface area contributed by atoms with Crippen LogP contribution in [0.15, 0.2) is 34.1 Å². The summed E-state index contributed by atoms with van der Waals surface area (Å²) in [6.07, 6.45) is 1.10. The number of aromatic nitrogens is 4. The van der Waals surface area contributed by atoms with Gasteiger partial charge in [-0.3, -0.25) is 9.89 Å². The van der Waals surface area contributed by atoms with E-state index in [4.69, 9.17) is 0 Å². The quantitative estimate of drug-likeness (QED) is 0.684. The number of nitrogens with one attached hydrogen (secondary N) is 2. The Morgan fingerprint density at radius 1 is 1.26 bits per heavy atom. The number of H-pyrrole nitrogens is 1. The molecule has 0 unspecified atom stereocenters. The second-order valence-electron chi connectivity index (χ2n) is 6.80. The van der Waals surface area contributed by atoms with E-state index in [2.05, 4.69) is 20.6 Å². The molecule has 0 aliphatic carbocycles. The average Bonchev–Trinajstić information content (AvgIpc) is 3.05. The number of hydrogen-bond donors (Lipinski definition) is 2. The Hall–Kier alpha value is -2.88. The van der Waals surface area contributed by atoms with Gasteiger partial charge in [-0.05, 0) is 19.9 Å². The average molecular weight is 390 g/mol. The minimum atomic E-state index is -3.40. The molecule has 0 atom stereocenters. The molecule has 0 saturated carbocycles. The van der Waals surface area contributed by atoms with E-state index in [0.29, 0.717) is 22.4 Å². The maximum Gasteiger partial charge on any atom is 0.277 e. The van der Waals surface area contributed by atoms with Crippen LogP contribution in [0.2, 0.25) is 0 Å². The summed E-state index contributed by atoms with van der Waals surface area (Å²) < 4.78 is 24.7. The van der Waals surface area contributed by atoms with Crippen molar-refractivity contribution in [2.75, 3.05) is 30.6 Å². The molecule has 0 radical (unpaired) electrons. The summed E-state index contributed by atoms with van der Waals surface area (Å²) in [6, 6.07) is 6.76. The van der Waals surface area contributed by atoms with Crippen LogP contribution in [0.5, 0.6) is 0 Å². The first-order valence-corrected chi connectivity index (χ1v) is 10.2. The largest absolute Gasteiger partial charge is 0.377 e. The summed E-state index contributed by atoms with van der Waals surface area (Å²) in [4.78, 5) is 14.8. The number of nitrogens with zero attached hydrogens (tertiary/aromatic N) is 4. The molecule has 0 fully saturated rings. The second kappa shape index (κ2) is 6.69. The molecule has 1 aromatic carbocycles. The molecule has 9 nitrogen and oxygen atoms in total. The maximum absolute atomic E-state index is 13.0. The van der Waals surface area contributed by atoms with E-state index in [9.17, 15) is 13.2 Å². The predicted octanol–water partition coefficient (Wildman–Crippen LogP) is 1.91. The van der Waals surface area contributed by atoms with Crippen molar-refractivity contribution in [2.45, 2.75) is 24.9 Å². The highest BCUT2D eigenvalue weighted by Crippen LogP contribution is 2.29. The predicted molar refractivity (Wildman–Crippen MR) is 106 cm³/mol. The van der Waals surface area contributed by atoms with Crippen LogP contribution >= 0.6 is 0 Å². The topological polar surface area (TPSA) is 113 Å². The first-order valence-electron chi connectivity index (χ1n) is 8.35. The van der Waals surface area contributed by atoms with Crippen LogP contribution in [0.3, 0.4) is 0 Å². The maximum atomic E-state index is 13.0. The third-order valence-electron chi connectivity index (χ3n) is 4.10. The molecule has 0 aliphatic heterocycles. The summed E-state index contributed by atoms with van der Waals surface area (Å²) in [7, 11) is 0.334. The number of benzene rings is 1. The lowest BCUT2D eigenvalue weighted by molar-refractivity contribution is 0.510. The van der Waals surface area contributed by atoms with Crippen LogP contribution in [0.25, 0.3) is 10.8 Å². The molecule has 144 valence electrons. The van der Waals surface area contributed by atoms with Crippen molar-refractivity contribution in [3.8, 4) is 0 Å². The zero-order valence-corrected chi connectivity index (χ0v) is 16.6. The summed E-state index contributed by atoms with van der Waals surface area (Å²) >= 11 is 0. The molecule has 0 spiro atoms. The molecule has 0 amide bonds. The van der Waals surface area contributed by atoms with Gasteiger partial charge in [-0.2, -0.15) is 10.2 Å². The highest BCUT2D eigenvalue weighted by atomic mass is 32.2. The monoisotopic (exact) mass is 390 g/mol. The van der Waals surface area contributed by atoms with Crippen molar-refractivity contribution in [3.63, 3.8) is 0 Å². The van der Waals surface area contributed by atoms with Gasteiger partial charge in [-0.15, -0.1) is 0 Å². The van der Waals surface area contributed by atoms with E-state index in [0.717, 1.165) is 11.9 Å². The Bertz CT molecular complexity index is 1160. The van der Waals surface area contributed by atoms with Crippen LogP contribution < -0.4 is 15.8 Å². The van der Waals surface area contributed by atoms with E-state index in [1.165, 1.54) is 10.7 Å². The van der Waals surface area contributed by atoms with Crippen molar-refractivity contribution < 1.29 is 8.42 Å². The molecule has 0 saturated heterocycles. The molecular formula is C17H22N6O3S. The number of aromatic amines is 1. The first-order chi connectivity index (χ1) is 12.6. The van der Waals surface area contributed by atoms with Crippen molar-refractivity contribution in [3.05, 3.63) is 34.6 Å². The zero-order valence-electron chi connectivity index (χ0n) is 15.8. The number of sulfone groups is 1. The summed E-state index contributed by atoms with van der Waals surface area (Å²) in [5, 5.41) is 15.1. The standard InChI is InChI=1S/C17H22N6O3S/c1-10(2)23-17(24)15-11(7-6-8-12(15)22(3)4)16(21-23)18-13-9-14(20-19-13)27(5,25)26/h6-10H,1-5H3,(H2,18,19,20,21). The second-order valence-corrected chi connectivity index (χ2v) is 8.78. The van der Waals surface area contributed by atoms with Gasteiger partial charge in [0, 0.05) is 37.5 Å². The van der Waals surface area contributed by atoms with E-state index in [1.807, 2.05) is 45.0 Å². The minimum Gasteiger partial charge on any atom is -0.377 e. The van der Waals surface area contributed by atoms with Crippen LogP contribution in [-0.2, 0) is 9.84 Å². The smallest absolute Gasteiger partial charge is 0.277 e. The lowest BCUT2D eigenvalue weighted by atomic mass is 10.1. The van der Waals surface area contributed by atoms with Gasteiger partial charge in [0.25, 0.3) is 5.56 Å². The number of fused-ring (bicyclic) bond motifs is 1. The van der Waals surface area contributed by atoms with E-state index >= 15 is 0 Å². The van der Waals surface area contributed by atoms with Gasteiger partial charge in [-0.1, -0.05) is 12.1 Å². The van der Waals surface area contributed by atoms with Crippen LogP contribution in [0, 0.1) is 0 Å². The molecule has 2 N–H and O–H groups in total. The Kier molecular flexibility index (Phi) is 4.68. The zero-order chi connectivity index (χ0) is 19.9. The van der Waals surface area contributed by atoms with Crippen LogP contribution in [-0.4, -0.2) is 48.7 Å². The van der Waals surface area contributed by atoms with Gasteiger partial charge in [-0.25, -0.2) is 13.1 Å². The molecule has 27 heavy (non-hydrogen) atoms. The minimum absolute atomic E-state index is 0.000433. The highest BCUT2D eigenvalue weighted by molar-refractivity contribution is 7.90. The normalized spacial score (nSPS) is 11.9. The van der Waals surface area contributed by atoms with Gasteiger partial charge in [0.2, 0.25) is 0 Å². The number of rotatable bonds is 5. The Morgan fingerprint density at radius 2 is 1.96 bits per heavy atom. The SMILES string of the molecule is CC(C)n1nc(Nc2cc(S(C)(=O)=O)[nH]n2)c2cccc(N(C)C)c2c1=O. The molecule has 3 rings (SSSR count). The van der Waals surface area contributed by atoms with Gasteiger partial charge < -0.3 is 10.2 Å². The number of hydrogen-bond acceptors (Lipinski definition) is 7. The first kappa shape index (κ1) is 18.9. The van der Waals surface area contributed by atoms with Crippen LogP contribution in [0.1, 0.15) is 19.9 Å². The van der Waals surface area contributed by atoms with E-state index in [-0.39, 0.29) is 16.6 Å². The molecule has 0 bridgehead atoms. The van der Waals surface area contributed by atoms with Gasteiger partial charge in [0.1, 0.15) is 0 Å². The van der Waals surface area contributed by atoms with Crippen LogP contribution in [0.4, 0.5) is 17.3 Å². The van der Waals surface area contributed by atoms with Crippen molar-refractivity contribution in [2.24, 2.45) is 0 Å². The molecule has 10 heteroatoms. The fraction of sp³-hybridized carbons (Fsp3) is 0.353. The Balaban J connectivity index is 2.23. The lowest BCUT2D eigenvalue weighted by Gasteiger charge is -2.19. The third-order valence-corrected chi connectivity index (χ3v) is 5.11. The molecular weight excluding hydrogens is 368 g/mol. The summed E-state index contributed by atoms with van der Waals surface area (Å²) in [5.41, 5.74) is 0.588. The van der Waals surface area contributed by atoms with E-state index in [1.54, 1.807) is 6.07 Å². The number of anilines is 3. The molecule has 2 aromatic heterocycles.